The van der Waals surface area contributed by atoms with E-state index in [1.54, 1.807) is 0 Å². The van der Waals surface area contributed by atoms with Gasteiger partial charge in [0.05, 0.1) is 0 Å². The third-order valence-corrected chi connectivity index (χ3v) is 3.27. The Balaban J connectivity index is 3.11. The van der Waals surface area contributed by atoms with E-state index in [1.165, 1.54) is 14.1 Å². The zero-order valence-corrected chi connectivity index (χ0v) is 7.82. The molecule has 0 saturated heterocycles. The van der Waals surface area contributed by atoms with Crippen molar-refractivity contribution >= 4 is 13.4 Å². The topological polar surface area (TPSA) is 6.25 Å². The third-order valence-electron chi connectivity index (χ3n) is 1.83. The van der Waals surface area contributed by atoms with Gasteiger partial charge in [0.2, 0.25) is 0 Å². The van der Waals surface area contributed by atoms with Crippen LogP contribution in [0.1, 0.15) is 0 Å². The van der Waals surface area contributed by atoms with Gasteiger partial charge in [-0.15, -0.1) is 0 Å². The van der Waals surface area contributed by atoms with Gasteiger partial charge in [0.1, 0.15) is 0 Å². The number of amidine groups is 1. The van der Waals surface area contributed by atoms with Crippen LogP contribution in [-0.4, -0.2) is 42.2 Å². The van der Waals surface area contributed by atoms with Crippen molar-refractivity contribution in [2.75, 3.05) is 27.2 Å². The van der Waals surface area contributed by atoms with E-state index in [2.05, 4.69) is 0 Å². The van der Waals surface area contributed by atoms with E-state index in [1.807, 2.05) is 0 Å². The number of hydrogen-bond acceptors (Lipinski definition) is 1. The average molecular weight is 206 g/mol. The van der Waals surface area contributed by atoms with Gasteiger partial charge < -0.3 is 0 Å². The maximum atomic E-state index is 12.3. The third kappa shape index (κ3) is 1.68. The fraction of sp³-hybridized carbons (Fsp3) is 0.800. The molecule has 1 aliphatic rings. The van der Waals surface area contributed by atoms with Gasteiger partial charge >= 0.3 is 66.9 Å². The minimum absolute atomic E-state index is 0.233. The van der Waals surface area contributed by atoms with Crippen molar-refractivity contribution in [1.82, 2.24) is 4.90 Å². The molecule has 0 unspecified atom stereocenters. The van der Waals surface area contributed by atoms with Crippen molar-refractivity contribution in [3.63, 3.8) is 0 Å². The standard InChI is InChI=1S/C5H11F4N2P/c1-10-3-4-11(2)5(10)12(6,7,8)9/h12H,3-4H2,1-2H3. The van der Waals surface area contributed by atoms with E-state index in [-0.39, 0.29) is 13.1 Å². The van der Waals surface area contributed by atoms with Gasteiger partial charge in [-0.05, 0) is 0 Å². The molecule has 0 saturated carbocycles. The summed E-state index contributed by atoms with van der Waals surface area (Å²) < 4.78 is 50.2. The fourth-order valence-electron chi connectivity index (χ4n) is 1.38. The summed E-state index contributed by atoms with van der Waals surface area (Å²) in [5, 5.41) is 0. The first kappa shape index (κ1) is 9.71. The van der Waals surface area contributed by atoms with Gasteiger partial charge in [-0.2, -0.15) is 0 Å². The van der Waals surface area contributed by atoms with Gasteiger partial charge in [0.25, 0.3) is 0 Å². The van der Waals surface area contributed by atoms with Crippen LogP contribution in [0.2, 0.25) is 0 Å². The van der Waals surface area contributed by atoms with Crippen molar-refractivity contribution in [1.29, 1.82) is 0 Å². The van der Waals surface area contributed by atoms with Gasteiger partial charge in [-0.3, -0.25) is 0 Å². The second kappa shape index (κ2) is 2.31. The molecule has 0 amide bonds. The molecular weight excluding hydrogens is 195 g/mol. The van der Waals surface area contributed by atoms with Crippen molar-refractivity contribution < 1.29 is 21.4 Å². The van der Waals surface area contributed by atoms with E-state index < -0.39 is 13.4 Å². The van der Waals surface area contributed by atoms with Crippen LogP contribution < -0.4 is 0 Å². The molecule has 7 heteroatoms. The predicted octanol–water partition coefficient (Wildman–Crippen LogP) is 1.75. The first-order chi connectivity index (χ1) is 5.18. The van der Waals surface area contributed by atoms with Crippen LogP contribution in [0, 0.1) is 0 Å². The van der Waals surface area contributed by atoms with Crippen LogP contribution in [0.15, 0.2) is 0 Å². The van der Waals surface area contributed by atoms with Crippen molar-refractivity contribution in [3.8, 4) is 0 Å². The summed E-state index contributed by atoms with van der Waals surface area (Å²) in [6, 6.07) is 0. The molecule has 0 bridgehead atoms. The molecule has 0 aromatic rings. The van der Waals surface area contributed by atoms with E-state index in [0.29, 0.717) is 0 Å². The summed E-state index contributed by atoms with van der Waals surface area (Å²) >= 11 is 0. The number of nitrogens with zero attached hydrogens (tertiary/aromatic N) is 2. The summed E-state index contributed by atoms with van der Waals surface area (Å²) in [7, 11) is -5.28. The molecule has 0 spiro atoms. The van der Waals surface area contributed by atoms with Crippen molar-refractivity contribution in [3.05, 3.63) is 0 Å². The molecule has 0 aromatic heterocycles. The number of likely N-dealkylation sites (N-methyl/N-ethyl adjacent to an activating group) is 2. The van der Waals surface area contributed by atoms with Crippen LogP contribution in [0.5, 0.6) is 0 Å². The number of halogens is 4. The zero-order chi connectivity index (χ0) is 9.59. The van der Waals surface area contributed by atoms with Crippen LogP contribution in [0.25, 0.3) is 0 Å². The molecule has 1 heterocycles. The van der Waals surface area contributed by atoms with Crippen LogP contribution in [0.3, 0.4) is 0 Å². The molecule has 1 rings (SSSR count). The Bertz CT molecular complexity index is 234. The molecule has 0 radical (unpaired) electrons. The molecule has 0 N–H and O–H groups in total. The average Bonchev–Trinajstić information content (AvgIpc) is 2.06. The molecule has 0 aromatic carbocycles. The molecule has 0 aliphatic carbocycles. The molecule has 74 valence electrons. The molecule has 12 heavy (non-hydrogen) atoms. The Morgan fingerprint density at radius 1 is 1.33 bits per heavy atom. The van der Waals surface area contributed by atoms with Gasteiger partial charge in [-0.1, -0.05) is 0 Å². The SMILES string of the molecule is CN1CC[N+](C)=C1[PH-](F)(F)(F)F. The summed E-state index contributed by atoms with van der Waals surface area (Å²) in [5.74, 6) is 0. The Hall–Kier alpha value is -0.380. The molecule has 0 fully saturated rings. The summed E-state index contributed by atoms with van der Waals surface area (Å²) in [4.78, 5) is 0.924. The zero-order valence-electron chi connectivity index (χ0n) is 6.82. The maximum absolute atomic E-state index is 12.3. The van der Waals surface area contributed by atoms with Crippen LogP contribution in [-0.2, 0) is 0 Å². The normalized spacial score (nSPS) is 22.8. The van der Waals surface area contributed by atoms with E-state index in [0.717, 1.165) is 9.48 Å². The number of rotatable bonds is 1. The van der Waals surface area contributed by atoms with Gasteiger partial charge in [0.15, 0.2) is 0 Å². The molecular formula is C5H11F4N2P. The van der Waals surface area contributed by atoms with Crippen molar-refractivity contribution in [2.24, 2.45) is 0 Å². The van der Waals surface area contributed by atoms with E-state index in [4.69, 9.17) is 0 Å². The van der Waals surface area contributed by atoms with Gasteiger partial charge in [-0.25, -0.2) is 0 Å². The minimum atomic E-state index is -7.79. The predicted molar refractivity (Wildman–Crippen MR) is 41.4 cm³/mol. The van der Waals surface area contributed by atoms with E-state index >= 15 is 0 Å². The monoisotopic (exact) mass is 206 g/mol. The van der Waals surface area contributed by atoms with Gasteiger partial charge in [0, 0.05) is 0 Å². The first-order valence-electron chi connectivity index (χ1n) is 3.48. The quantitative estimate of drug-likeness (QED) is 0.360. The summed E-state index contributed by atoms with van der Waals surface area (Å²) in [6.45, 7) is 0.466. The summed E-state index contributed by atoms with van der Waals surface area (Å²) in [5.41, 5.74) is -1.07. The van der Waals surface area contributed by atoms with Crippen LogP contribution in [0.4, 0.5) is 16.8 Å². The molecule has 0 atom stereocenters. The Labute approximate surface area is 67.9 Å². The van der Waals surface area contributed by atoms with E-state index in [9.17, 15) is 16.8 Å². The number of hydrogen-bond donors (Lipinski definition) is 0. The van der Waals surface area contributed by atoms with Crippen molar-refractivity contribution in [2.45, 2.75) is 0 Å². The Kier molecular flexibility index (Phi) is 1.87. The second-order valence-electron chi connectivity index (χ2n) is 2.97. The first-order valence-corrected chi connectivity index (χ1v) is 5.49. The Morgan fingerprint density at radius 3 is 2.00 bits per heavy atom. The molecule has 2 nitrogen and oxygen atoms in total. The summed E-state index contributed by atoms with van der Waals surface area (Å²) in [6.07, 6.45) is 0. The molecule has 1 aliphatic heterocycles. The second-order valence-corrected chi connectivity index (χ2v) is 5.03. The van der Waals surface area contributed by atoms with Crippen LogP contribution >= 0.6 is 7.85 Å². The Morgan fingerprint density at radius 2 is 1.83 bits per heavy atom. The fourth-order valence-corrected chi connectivity index (χ4v) is 2.76.